The molecule has 62 valence electrons. The van der Waals surface area contributed by atoms with Gasteiger partial charge in [0.05, 0.1) is 0 Å². The molecule has 0 fully saturated rings. The lowest BCUT2D eigenvalue weighted by molar-refractivity contribution is 1.48. The van der Waals surface area contributed by atoms with E-state index in [1.54, 1.807) is 0 Å². The van der Waals surface area contributed by atoms with E-state index in [4.69, 9.17) is 0 Å². The lowest BCUT2D eigenvalue weighted by atomic mass is 10.5. The zero-order valence-electron chi connectivity index (χ0n) is 7.29. The fourth-order valence-corrected chi connectivity index (χ4v) is 1.34. The molecule has 0 saturated heterocycles. The smallest absolute Gasteiger partial charge is 0.00170 e. The van der Waals surface area contributed by atoms with Crippen LogP contribution in [0.2, 0.25) is 0 Å². The molecule has 2 heteroatoms. The van der Waals surface area contributed by atoms with Gasteiger partial charge < -0.3 is 5.73 Å². The van der Waals surface area contributed by atoms with Crippen LogP contribution in [0.4, 0.5) is 0 Å². The van der Waals surface area contributed by atoms with Crippen LogP contribution in [-0.4, -0.2) is 7.05 Å². The molecule has 0 aliphatic heterocycles. The lowest BCUT2D eigenvalue weighted by Crippen LogP contribution is -1.69. The molecule has 1 aromatic heterocycles. The van der Waals surface area contributed by atoms with Crippen molar-refractivity contribution in [3.63, 3.8) is 0 Å². The lowest BCUT2D eigenvalue weighted by Gasteiger charge is -1.71. The maximum Gasteiger partial charge on any atom is 0.00170 e. The van der Waals surface area contributed by atoms with Gasteiger partial charge in [0.25, 0.3) is 0 Å². The maximum atomic E-state index is 4.50. The summed E-state index contributed by atoms with van der Waals surface area (Å²) in [5, 5.41) is 0. The van der Waals surface area contributed by atoms with Crippen molar-refractivity contribution in [2.45, 2.75) is 13.8 Å². The third kappa shape index (κ3) is 7.11. The first-order valence-corrected chi connectivity index (χ1v) is 4.05. The van der Waals surface area contributed by atoms with Crippen LogP contribution >= 0.6 is 11.3 Å². The Balaban J connectivity index is 0. The van der Waals surface area contributed by atoms with Crippen LogP contribution in [0, 0.1) is 26.7 Å². The molecule has 0 aromatic carbocycles. The van der Waals surface area contributed by atoms with Gasteiger partial charge in [-0.15, -0.1) is 24.2 Å². The SMILES string of the molecule is C#C.CN.Cc1ccc(C)s1. The van der Waals surface area contributed by atoms with Crippen molar-refractivity contribution >= 4 is 11.3 Å². The Hall–Kier alpha value is -0.780. The number of terminal acetylenes is 1. The van der Waals surface area contributed by atoms with E-state index in [-0.39, 0.29) is 0 Å². The van der Waals surface area contributed by atoms with E-state index in [0.29, 0.717) is 0 Å². The van der Waals surface area contributed by atoms with Gasteiger partial charge in [-0.25, -0.2) is 0 Å². The molecule has 11 heavy (non-hydrogen) atoms. The van der Waals surface area contributed by atoms with Crippen LogP contribution in [0.3, 0.4) is 0 Å². The number of thiophene rings is 1. The summed E-state index contributed by atoms with van der Waals surface area (Å²) < 4.78 is 0. The van der Waals surface area contributed by atoms with Crippen molar-refractivity contribution in [2.75, 3.05) is 7.05 Å². The van der Waals surface area contributed by atoms with Gasteiger partial charge in [0.1, 0.15) is 0 Å². The van der Waals surface area contributed by atoms with Crippen LogP contribution in [0.1, 0.15) is 9.75 Å². The van der Waals surface area contributed by atoms with Gasteiger partial charge in [-0.3, -0.25) is 0 Å². The minimum atomic E-state index is 1.40. The van der Waals surface area contributed by atoms with Crippen molar-refractivity contribution in [3.8, 4) is 12.8 Å². The molecular weight excluding hydrogens is 154 g/mol. The molecule has 0 aliphatic rings. The summed E-state index contributed by atoms with van der Waals surface area (Å²) in [5.74, 6) is 0. The Kier molecular flexibility index (Phi) is 10.8. The summed E-state index contributed by atoms with van der Waals surface area (Å²) in [7, 11) is 1.50. The predicted octanol–water partition coefficient (Wildman–Crippen LogP) is 2.19. The van der Waals surface area contributed by atoms with E-state index < -0.39 is 0 Å². The molecule has 2 N–H and O–H groups in total. The van der Waals surface area contributed by atoms with Crippen molar-refractivity contribution in [3.05, 3.63) is 21.9 Å². The number of hydrogen-bond donors (Lipinski definition) is 1. The Bertz CT molecular complexity index is 172. The minimum Gasteiger partial charge on any atom is -0.333 e. The predicted molar refractivity (Wildman–Crippen MR) is 53.8 cm³/mol. The summed E-state index contributed by atoms with van der Waals surface area (Å²) in [6.45, 7) is 4.25. The molecule has 0 atom stereocenters. The number of aryl methyl sites for hydroxylation is 2. The first kappa shape index (κ1) is 12.9. The van der Waals surface area contributed by atoms with Crippen LogP contribution in [-0.2, 0) is 0 Å². The van der Waals surface area contributed by atoms with Crippen LogP contribution < -0.4 is 5.73 Å². The molecule has 0 bridgehead atoms. The quantitative estimate of drug-likeness (QED) is 0.592. The standard InChI is InChI=1S/C6H8S.C2H2.CH5N/c1-5-3-4-6(2)7-5;2*1-2/h3-4H,1-2H3;1-2H;2H2,1H3. The second kappa shape index (κ2) is 9.22. The zero-order valence-corrected chi connectivity index (χ0v) is 8.11. The van der Waals surface area contributed by atoms with E-state index in [2.05, 4.69) is 44.6 Å². The molecule has 0 saturated carbocycles. The normalized spacial score (nSPS) is 6.73. The summed E-state index contributed by atoms with van der Waals surface area (Å²) >= 11 is 1.84. The third-order valence-corrected chi connectivity index (χ3v) is 1.79. The monoisotopic (exact) mass is 169 g/mol. The van der Waals surface area contributed by atoms with Crippen LogP contribution in [0.15, 0.2) is 12.1 Å². The summed E-state index contributed by atoms with van der Waals surface area (Å²) in [6, 6.07) is 4.28. The highest BCUT2D eigenvalue weighted by Gasteiger charge is 1.84. The molecule has 0 radical (unpaired) electrons. The van der Waals surface area contributed by atoms with E-state index in [1.165, 1.54) is 16.8 Å². The second-order valence-corrected chi connectivity index (χ2v) is 3.15. The van der Waals surface area contributed by atoms with Gasteiger partial charge in [-0.1, -0.05) is 0 Å². The Morgan fingerprint density at radius 2 is 1.36 bits per heavy atom. The molecule has 1 nitrogen and oxygen atoms in total. The van der Waals surface area contributed by atoms with Crippen molar-refractivity contribution in [1.29, 1.82) is 0 Å². The maximum absolute atomic E-state index is 4.50. The van der Waals surface area contributed by atoms with E-state index in [1.807, 2.05) is 11.3 Å². The summed E-state index contributed by atoms with van der Waals surface area (Å²) in [6.07, 6.45) is 8.00. The Labute approximate surface area is 73.2 Å². The van der Waals surface area contributed by atoms with Gasteiger partial charge in [-0.2, -0.15) is 0 Å². The van der Waals surface area contributed by atoms with Crippen molar-refractivity contribution in [1.82, 2.24) is 0 Å². The highest BCUT2D eigenvalue weighted by atomic mass is 32.1. The molecular formula is C9H15NS. The van der Waals surface area contributed by atoms with Crippen LogP contribution in [0.25, 0.3) is 0 Å². The van der Waals surface area contributed by atoms with Crippen LogP contribution in [0.5, 0.6) is 0 Å². The topological polar surface area (TPSA) is 26.0 Å². The fraction of sp³-hybridized carbons (Fsp3) is 0.333. The van der Waals surface area contributed by atoms with Gasteiger partial charge in [-0.05, 0) is 33.0 Å². The Morgan fingerprint density at radius 3 is 1.45 bits per heavy atom. The van der Waals surface area contributed by atoms with E-state index >= 15 is 0 Å². The largest absolute Gasteiger partial charge is 0.333 e. The summed E-state index contributed by atoms with van der Waals surface area (Å²) in [5.41, 5.74) is 4.50. The molecule has 1 aromatic rings. The number of rotatable bonds is 0. The van der Waals surface area contributed by atoms with Crippen molar-refractivity contribution in [2.24, 2.45) is 5.73 Å². The van der Waals surface area contributed by atoms with Gasteiger partial charge in [0.2, 0.25) is 0 Å². The molecule has 0 spiro atoms. The van der Waals surface area contributed by atoms with Crippen molar-refractivity contribution < 1.29 is 0 Å². The first-order valence-electron chi connectivity index (χ1n) is 3.23. The van der Waals surface area contributed by atoms with Gasteiger partial charge >= 0.3 is 0 Å². The van der Waals surface area contributed by atoms with Gasteiger partial charge in [0.15, 0.2) is 0 Å². The van der Waals surface area contributed by atoms with E-state index in [0.717, 1.165) is 0 Å². The third-order valence-electron chi connectivity index (χ3n) is 0.875. The molecule has 1 heterocycles. The van der Waals surface area contributed by atoms with Gasteiger partial charge in [0, 0.05) is 9.75 Å². The minimum absolute atomic E-state index is 1.40. The highest BCUT2D eigenvalue weighted by Crippen LogP contribution is 2.11. The second-order valence-electron chi connectivity index (χ2n) is 1.66. The molecule has 0 amide bonds. The molecule has 0 aliphatic carbocycles. The Morgan fingerprint density at radius 1 is 1.09 bits per heavy atom. The zero-order chi connectivity index (χ0) is 9.28. The average Bonchev–Trinajstić information content (AvgIpc) is 2.43. The number of hydrogen-bond acceptors (Lipinski definition) is 2. The first-order chi connectivity index (χ1) is 5.29. The average molecular weight is 169 g/mol. The fourth-order valence-electron chi connectivity index (χ4n) is 0.557. The summed E-state index contributed by atoms with van der Waals surface area (Å²) in [4.78, 5) is 2.80. The highest BCUT2D eigenvalue weighted by molar-refractivity contribution is 7.11. The number of nitrogens with two attached hydrogens (primary N) is 1. The van der Waals surface area contributed by atoms with E-state index in [9.17, 15) is 0 Å². The molecule has 1 rings (SSSR count). The molecule has 0 unspecified atom stereocenters.